The van der Waals surface area contributed by atoms with E-state index in [1.165, 1.54) is 0 Å². The third kappa shape index (κ3) is 3.35. The highest BCUT2D eigenvalue weighted by atomic mass is 16.5. The molecule has 2 heterocycles. The number of hydrogen-bond donors (Lipinski definition) is 0. The van der Waals surface area contributed by atoms with Crippen LogP contribution in [0, 0.1) is 0 Å². The summed E-state index contributed by atoms with van der Waals surface area (Å²) in [4.78, 5) is 19.4. The average molecular weight is 295 g/mol. The predicted molar refractivity (Wildman–Crippen MR) is 83.3 cm³/mol. The van der Waals surface area contributed by atoms with Crippen molar-refractivity contribution in [1.29, 1.82) is 0 Å². The molecule has 0 saturated heterocycles. The van der Waals surface area contributed by atoms with E-state index in [1.807, 2.05) is 37.5 Å². The summed E-state index contributed by atoms with van der Waals surface area (Å²) >= 11 is 0. The molecule has 0 aliphatic carbocycles. The van der Waals surface area contributed by atoms with E-state index < -0.39 is 0 Å². The maximum Gasteiger partial charge on any atom is 0.316 e. The van der Waals surface area contributed by atoms with Crippen molar-refractivity contribution in [3.05, 3.63) is 54.1 Å². The molecule has 0 amide bonds. The van der Waals surface area contributed by atoms with Gasteiger partial charge >= 0.3 is 6.01 Å². The van der Waals surface area contributed by atoms with Crippen molar-refractivity contribution in [2.45, 2.75) is 13.1 Å². The maximum absolute atomic E-state index is 4.96. The molecule has 0 fully saturated rings. The molecule has 0 saturated carbocycles. The molecule has 0 N–H and O–H groups in total. The van der Waals surface area contributed by atoms with Crippen LogP contribution in [0.25, 0.3) is 11.0 Å². The number of ether oxygens (including phenoxy) is 1. The van der Waals surface area contributed by atoms with E-state index in [2.05, 4.69) is 24.8 Å². The van der Waals surface area contributed by atoms with Crippen LogP contribution in [0.1, 0.15) is 11.3 Å². The second kappa shape index (κ2) is 6.44. The number of nitrogens with zero attached hydrogens (tertiary/aromatic N) is 5. The van der Waals surface area contributed by atoms with Crippen molar-refractivity contribution in [3.63, 3.8) is 0 Å². The smallest absolute Gasteiger partial charge is 0.316 e. The van der Waals surface area contributed by atoms with Crippen molar-refractivity contribution in [1.82, 2.24) is 24.8 Å². The maximum atomic E-state index is 4.96. The van der Waals surface area contributed by atoms with Crippen LogP contribution in [0.2, 0.25) is 0 Å². The topological polar surface area (TPSA) is 64.0 Å². The first kappa shape index (κ1) is 14.3. The van der Waals surface area contributed by atoms with Gasteiger partial charge in [0.15, 0.2) is 0 Å². The van der Waals surface area contributed by atoms with E-state index in [0.29, 0.717) is 12.6 Å². The fourth-order valence-electron chi connectivity index (χ4n) is 2.25. The number of benzene rings is 1. The number of para-hydroxylation sites is 2. The summed E-state index contributed by atoms with van der Waals surface area (Å²) in [6.07, 6.45) is 5.37. The second-order valence-electron chi connectivity index (χ2n) is 5.10. The first-order valence-corrected chi connectivity index (χ1v) is 6.99. The van der Waals surface area contributed by atoms with Crippen molar-refractivity contribution in [2.75, 3.05) is 14.2 Å². The van der Waals surface area contributed by atoms with E-state index in [1.54, 1.807) is 19.5 Å². The van der Waals surface area contributed by atoms with Crippen molar-refractivity contribution < 1.29 is 4.74 Å². The molecule has 0 spiro atoms. The molecule has 112 valence electrons. The quantitative estimate of drug-likeness (QED) is 0.718. The zero-order valence-electron chi connectivity index (χ0n) is 12.6. The van der Waals surface area contributed by atoms with Crippen LogP contribution in [-0.4, -0.2) is 39.0 Å². The van der Waals surface area contributed by atoms with E-state index in [0.717, 1.165) is 28.8 Å². The molecular weight excluding hydrogens is 278 g/mol. The van der Waals surface area contributed by atoms with Gasteiger partial charge in [0.2, 0.25) is 0 Å². The molecule has 3 aromatic rings. The fourth-order valence-corrected chi connectivity index (χ4v) is 2.25. The zero-order chi connectivity index (χ0) is 15.4. The lowest BCUT2D eigenvalue weighted by Crippen LogP contribution is -2.18. The fraction of sp³-hybridized carbons (Fsp3) is 0.250. The minimum Gasteiger partial charge on any atom is -0.467 e. The Hall–Kier alpha value is -2.60. The van der Waals surface area contributed by atoms with E-state index in [9.17, 15) is 0 Å². The molecule has 0 aliphatic heterocycles. The Labute approximate surface area is 128 Å². The van der Waals surface area contributed by atoms with Gasteiger partial charge in [0.25, 0.3) is 0 Å². The van der Waals surface area contributed by atoms with Crippen molar-refractivity contribution in [3.8, 4) is 6.01 Å². The summed E-state index contributed by atoms with van der Waals surface area (Å²) < 4.78 is 4.96. The van der Waals surface area contributed by atoms with Crippen molar-refractivity contribution >= 4 is 11.0 Å². The lowest BCUT2D eigenvalue weighted by Gasteiger charge is -2.15. The molecule has 6 heteroatoms. The van der Waals surface area contributed by atoms with Crippen LogP contribution < -0.4 is 4.74 Å². The molecule has 0 aliphatic rings. The van der Waals surface area contributed by atoms with E-state index in [4.69, 9.17) is 4.74 Å². The molecule has 22 heavy (non-hydrogen) atoms. The highest BCUT2D eigenvalue weighted by Gasteiger charge is 2.06. The molecule has 3 rings (SSSR count). The van der Waals surface area contributed by atoms with Gasteiger partial charge in [-0.3, -0.25) is 9.88 Å². The molecule has 0 bridgehead atoms. The van der Waals surface area contributed by atoms with Crippen LogP contribution in [0.4, 0.5) is 0 Å². The summed E-state index contributed by atoms with van der Waals surface area (Å²) in [5.74, 6) is 0. The van der Waals surface area contributed by atoms with Gasteiger partial charge in [-0.15, -0.1) is 0 Å². The molecule has 0 atom stereocenters. The van der Waals surface area contributed by atoms with Crippen LogP contribution in [0.3, 0.4) is 0 Å². The molecule has 6 nitrogen and oxygen atoms in total. The number of fused-ring (bicyclic) bond motifs is 1. The summed E-state index contributed by atoms with van der Waals surface area (Å²) in [6, 6.07) is 8.26. The minimum absolute atomic E-state index is 0.381. The summed E-state index contributed by atoms with van der Waals surface area (Å²) in [5.41, 5.74) is 3.80. The first-order valence-electron chi connectivity index (χ1n) is 6.99. The average Bonchev–Trinajstić information content (AvgIpc) is 2.55. The van der Waals surface area contributed by atoms with Gasteiger partial charge in [-0.05, 0) is 19.2 Å². The Morgan fingerprint density at radius 3 is 2.41 bits per heavy atom. The molecule has 1 aromatic carbocycles. The summed E-state index contributed by atoms with van der Waals surface area (Å²) in [7, 11) is 3.58. The van der Waals surface area contributed by atoms with Crippen molar-refractivity contribution in [2.24, 2.45) is 0 Å². The van der Waals surface area contributed by atoms with E-state index in [-0.39, 0.29) is 0 Å². The number of rotatable bonds is 5. The third-order valence-electron chi connectivity index (χ3n) is 3.25. The van der Waals surface area contributed by atoms with Gasteiger partial charge in [0.05, 0.1) is 30.0 Å². The van der Waals surface area contributed by atoms with Crippen LogP contribution in [0.5, 0.6) is 6.01 Å². The standard InChI is InChI=1S/C16H17N5O/c1-21(10-12-7-18-16(22-2)19-8-12)11-13-9-17-14-5-3-4-6-15(14)20-13/h3-9H,10-11H2,1-2H3. The van der Waals surface area contributed by atoms with Gasteiger partial charge < -0.3 is 4.74 Å². The molecule has 0 radical (unpaired) electrons. The first-order chi connectivity index (χ1) is 10.7. The van der Waals surface area contributed by atoms with Gasteiger partial charge in [0, 0.05) is 31.0 Å². The highest BCUT2D eigenvalue weighted by molar-refractivity contribution is 5.73. The molecular formula is C16H17N5O. The van der Waals surface area contributed by atoms with Gasteiger partial charge in [-0.25, -0.2) is 15.0 Å². The van der Waals surface area contributed by atoms with Gasteiger partial charge in [-0.1, -0.05) is 12.1 Å². The zero-order valence-corrected chi connectivity index (χ0v) is 12.6. The van der Waals surface area contributed by atoms with Crippen LogP contribution >= 0.6 is 0 Å². The van der Waals surface area contributed by atoms with Gasteiger partial charge in [0.1, 0.15) is 0 Å². The summed E-state index contributed by atoms with van der Waals surface area (Å²) in [6.45, 7) is 1.45. The highest BCUT2D eigenvalue weighted by Crippen LogP contribution is 2.11. The Morgan fingerprint density at radius 2 is 1.68 bits per heavy atom. The largest absolute Gasteiger partial charge is 0.467 e. The van der Waals surface area contributed by atoms with Crippen LogP contribution in [0.15, 0.2) is 42.9 Å². The second-order valence-corrected chi connectivity index (χ2v) is 5.10. The summed E-state index contributed by atoms with van der Waals surface area (Å²) in [5, 5.41) is 0. The Kier molecular flexibility index (Phi) is 4.20. The number of aromatic nitrogens is 4. The Morgan fingerprint density at radius 1 is 0.955 bits per heavy atom. The Bertz CT molecular complexity index is 760. The van der Waals surface area contributed by atoms with Crippen LogP contribution in [-0.2, 0) is 13.1 Å². The Balaban J connectivity index is 1.67. The SMILES string of the molecule is COc1ncc(CN(C)Cc2cnc3ccccc3n2)cn1. The molecule has 0 unspecified atom stereocenters. The minimum atomic E-state index is 0.381. The monoisotopic (exact) mass is 295 g/mol. The number of methoxy groups -OCH3 is 1. The number of hydrogen-bond acceptors (Lipinski definition) is 6. The van der Waals surface area contributed by atoms with E-state index >= 15 is 0 Å². The van der Waals surface area contributed by atoms with Gasteiger partial charge in [-0.2, -0.15) is 0 Å². The normalized spacial score (nSPS) is 11.0. The molecule has 2 aromatic heterocycles. The predicted octanol–water partition coefficient (Wildman–Crippen LogP) is 2.06. The lowest BCUT2D eigenvalue weighted by atomic mass is 10.3. The third-order valence-corrected chi connectivity index (χ3v) is 3.25. The lowest BCUT2D eigenvalue weighted by molar-refractivity contribution is 0.313.